The van der Waals surface area contributed by atoms with Gasteiger partial charge in [-0.15, -0.1) is 0 Å². The van der Waals surface area contributed by atoms with Crippen molar-refractivity contribution >= 4 is 11.6 Å². The largest absolute Gasteiger partial charge is 0.508 e. The highest BCUT2D eigenvalue weighted by atomic mass is 19.1. The number of anilines is 1. The van der Waals surface area contributed by atoms with E-state index in [1.807, 2.05) is 0 Å². The molecule has 0 saturated carbocycles. The number of nitrogens with one attached hydrogen (secondary N) is 1. The summed E-state index contributed by atoms with van der Waals surface area (Å²) in [5.41, 5.74) is 0.0833. The Morgan fingerprint density at radius 1 is 1.26 bits per heavy atom. The van der Waals surface area contributed by atoms with Crippen LogP contribution in [0.4, 0.5) is 10.1 Å². The highest BCUT2D eigenvalue weighted by Gasteiger charge is 2.12. The van der Waals surface area contributed by atoms with E-state index in [4.69, 9.17) is 5.26 Å². The molecule has 0 atom stereocenters. The number of aromatic hydroxyl groups is 1. The molecule has 1 amide bonds. The number of nitriles is 1. The summed E-state index contributed by atoms with van der Waals surface area (Å²) >= 11 is 0. The van der Waals surface area contributed by atoms with E-state index in [2.05, 4.69) is 5.32 Å². The quantitative estimate of drug-likeness (QED) is 0.867. The van der Waals surface area contributed by atoms with Crippen molar-refractivity contribution in [2.45, 2.75) is 0 Å². The first-order valence-corrected chi connectivity index (χ1v) is 5.41. The second-order valence-electron chi connectivity index (χ2n) is 3.78. The summed E-state index contributed by atoms with van der Waals surface area (Å²) in [6, 6.07) is 11.4. The van der Waals surface area contributed by atoms with Gasteiger partial charge < -0.3 is 10.4 Å². The number of nitrogens with zero attached hydrogens (tertiary/aromatic N) is 1. The van der Waals surface area contributed by atoms with E-state index in [0.29, 0.717) is 0 Å². The summed E-state index contributed by atoms with van der Waals surface area (Å²) in [6.07, 6.45) is 0. The number of benzene rings is 2. The number of phenolic OH excluding ortho intramolecular Hbond substituents is 1. The molecule has 19 heavy (non-hydrogen) atoms. The van der Waals surface area contributed by atoms with Crippen molar-refractivity contribution in [2.75, 3.05) is 5.32 Å². The molecule has 2 rings (SSSR count). The van der Waals surface area contributed by atoms with Crippen molar-refractivity contribution in [1.29, 1.82) is 5.26 Å². The predicted molar refractivity (Wildman–Crippen MR) is 67.2 cm³/mol. The van der Waals surface area contributed by atoms with Crippen molar-refractivity contribution < 1.29 is 14.3 Å². The van der Waals surface area contributed by atoms with E-state index in [9.17, 15) is 14.3 Å². The summed E-state index contributed by atoms with van der Waals surface area (Å²) in [5.74, 6) is -1.28. The van der Waals surface area contributed by atoms with E-state index < -0.39 is 11.7 Å². The molecule has 0 saturated heterocycles. The lowest BCUT2D eigenvalue weighted by molar-refractivity contribution is 0.102. The molecule has 0 aliphatic rings. The second kappa shape index (κ2) is 5.19. The minimum Gasteiger partial charge on any atom is -0.508 e. The molecule has 0 spiro atoms. The molecule has 2 aromatic carbocycles. The average Bonchev–Trinajstić information content (AvgIpc) is 2.39. The Balaban J connectivity index is 2.30. The van der Waals surface area contributed by atoms with Crippen molar-refractivity contribution in [2.24, 2.45) is 0 Å². The molecular weight excluding hydrogens is 247 g/mol. The van der Waals surface area contributed by atoms with Gasteiger partial charge in [-0.2, -0.15) is 5.26 Å². The predicted octanol–water partition coefficient (Wildman–Crippen LogP) is 2.66. The van der Waals surface area contributed by atoms with E-state index in [-0.39, 0.29) is 22.6 Å². The zero-order valence-electron chi connectivity index (χ0n) is 9.72. The van der Waals surface area contributed by atoms with Gasteiger partial charge in [0.2, 0.25) is 0 Å². The smallest absolute Gasteiger partial charge is 0.255 e. The van der Waals surface area contributed by atoms with Crippen LogP contribution >= 0.6 is 0 Å². The normalized spacial score (nSPS) is 9.68. The van der Waals surface area contributed by atoms with Gasteiger partial charge in [-0.1, -0.05) is 12.1 Å². The van der Waals surface area contributed by atoms with Crippen LogP contribution in [-0.2, 0) is 0 Å². The van der Waals surface area contributed by atoms with Gasteiger partial charge in [0.05, 0.1) is 5.69 Å². The van der Waals surface area contributed by atoms with Crippen molar-refractivity contribution in [3.63, 3.8) is 0 Å². The van der Waals surface area contributed by atoms with E-state index in [1.165, 1.54) is 36.4 Å². The molecule has 0 fully saturated rings. The topological polar surface area (TPSA) is 73.1 Å². The lowest BCUT2D eigenvalue weighted by atomic mass is 10.1. The van der Waals surface area contributed by atoms with Gasteiger partial charge in [-0.25, -0.2) is 4.39 Å². The molecule has 0 aromatic heterocycles. The first-order chi connectivity index (χ1) is 9.11. The molecule has 2 aromatic rings. The molecule has 4 nitrogen and oxygen atoms in total. The molecule has 0 aliphatic heterocycles. The van der Waals surface area contributed by atoms with Crippen molar-refractivity contribution in [1.82, 2.24) is 0 Å². The lowest BCUT2D eigenvalue weighted by Crippen LogP contribution is -2.13. The number of amides is 1. The summed E-state index contributed by atoms with van der Waals surface area (Å²) < 4.78 is 13.4. The van der Waals surface area contributed by atoms with Crippen LogP contribution < -0.4 is 5.32 Å². The third kappa shape index (κ3) is 2.69. The van der Waals surface area contributed by atoms with Crippen LogP contribution in [0.2, 0.25) is 0 Å². The molecular formula is C14H9FN2O2. The van der Waals surface area contributed by atoms with Crippen LogP contribution in [0.1, 0.15) is 15.9 Å². The van der Waals surface area contributed by atoms with Gasteiger partial charge in [0.15, 0.2) is 0 Å². The molecule has 0 radical (unpaired) electrons. The Bertz CT molecular complexity index is 677. The van der Waals surface area contributed by atoms with Crippen LogP contribution in [-0.4, -0.2) is 11.0 Å². The van der Waals surface area contributed by atoms with Gasteiger partial charge in [0.1, 0.15) is 23.2 Å². The lowest BCUT2D eigenvalue weighted by Gasteiger charge is -2.07. The zero-order chi connectivity index (χ0) is 13.8. The monoisotopic (exact) mass is 256 g/mol. The molecule has 0 bridgehead atoms. The summed E-state index contributed by atoms with van der Waals surface area (Å²) in [6.45, 7) is 0. The Morgan fingerprint density at radius 2 is 2.00 bits per heavy atom. The minimum atomic E-state index is -0.698. The summed E-state index contributed by atoms with van der Waals surface area (Å²) in [5, 5.41) is 20.6. The SMILES string of the molecule is N#Cc1c(F)cccc1NC(=O)c1cccc(O)c1. The number of carbonyl (C=O) groups is 1. The molecule has 5 heteroatoms. The fraction of sp³-hybridized carbons (Fsp3) is 0. The fourth-order valence-electron chi connectivity index (χ4n) is 1.58. The van der Waals surface area contributed by atoms with Gasteiger partial charge in [-0.3, -0.25) is 4.79 Å². The number of carbonyl (C=O) groups excluding carboxylic acids is 1. The van der Waals surface area contributed by atoms with Gasteiger partial charge in [0, 0.05) is 5.56 Å². The minimum absolute atomic E-state index is 0.0487. The molecule has 0 unspecified atom stereocenters. The zero-order valence-corrected chi connectivity index (χ0v) is 9.72. The number of rotatable bonds is 2. The molecule has 0 aliphatic carbocycles. The van der Waals surface area contributed by atoms with Crippen molar-refractivity contribution in [3.8, 4) is 11.8 Å². The van der Waals surface area contributed by atoms with Gasteiger partial charge in [-0.05, 0) is 30.3 Å². The summed E-state index contributed by atoms with van der Waals surface area (Å²) in [4.78, 5) is 11.9. The Hall–Kier alpha value is -2.87. The number of hydrogen-bond acceptors (Lipinski definition) is 3. The molecule has 0 heterocycles. The highest BCUT2D eigenvalue weighted by Crippen LogP contribution is 2.19. The Morgan fingerprint density at radius 3 is 2.68 bits per heavy atom. The first-order valence-electron chi connectivity index (χ1n) is 5.41. The van der Waals surface area contributed by atoms with Crippen LogP contribution in [0.5, 0.6) is 5.75 Å². The van der Waals surface area contributed by atoms with Crippen molar-refractivity contribution in [3.05, 3.63) is 59.4 Å². The third-order valence-electron chi connectivity index (χ3n) is 2.48. The first kappa shape index (κ1) is 12.6. The van der Waals surface area contributed by atoms with Crippen LogP contribution in [0.3, 0.4) is 0 Å². The average molecular weight is 256 g/mol. The maximum Gasteiger partial charge on any atom is 0.255 e. The summed E-state index contributed by atoms with van der Waals surface area (Å²) in [7, 11) is 0. The van der Waals surface area contributed by atoms with Crippen LogP contribution in [0, 0.1) is 17.1 Å². The number of hydrogen-bond donors (Lipinski definition) is 2. The van der Waals surface area contributed by atoms with E-state index >= 15 is 0 Å². The van der Waals surface area contributed by atoms with Crippen LogP contribution in [0.25, 0.3) is 0 Å². The standard InChI is InChI=1S/C14H9FN2O2/c15-12-5-2-6-13(11(12)8-16)17-14(19)9-3-1-4-10(18)7-9/h1-7,18H,(H,17,19). The Kier molecular flexibility index (Phi) is 3.44. The van der Waals surface area contributed by atoms with E-state index in [1.54, 1.807) is 6.07 Å². The van der Waals surface area contributed by atoms with Gasteiger partial charge >= 0.3 is 0 Å². The maximum absolute atomic E-state index is 13.4. The van der Waals surface area contributed by atoms with Gasteiger partial charge in [0.25, 0.3) is 5.91 Å². The number of halogens is 1. The molecule has 94 valence electrons. The third-order valence-corrected chi connectivity index (χ3v) is 2.48. The van der Waals surface area contributed by atoms with Crippen LogP contribution in [0.15, 0.2) is 42.5 Å². The molecule has 2 N–H and O–H groups in total. The van der Waals surface area contributed by atoms with E-state index in [0.717, 1.165) is 6.07 Å². The highest BCUT2D eigenvalue weighted by molar-refractivity contribution is 6.05. The fourth-order valence-corrected chi connectivity index (χ4v) is 1.58. The number of phenols is 1. The second-order valence-corrected chi connectivity index (χ2v) is 3.78. The maximum atomic E-state index is 13.4. The Labute approximate surface area is 108 Å².